The van der Waals surface area contributed by atoms with Gasteiger partial charge in [0.1, 0.15) is 5.69 Å². The van der Waals surface area contributed by atoms with E-state index in [0.29, 0.717) is 0 Å². The minimum atomic E-state index is 0.961. The molecule has 0 aliphatic heterocycles. The molecule has 90 valence electrons. The van der Waals surface area contributed by atoms with Crippen LogP contribution in [0.3, 0.4) is 0 Å². The van der Waals surface area contributed by atoms with Crippen LogP contribution in [0.15, 0.2) is 30.5 Å². The summed E-state index contributed by atoms with van der Waals surface area (Å²) in [5.74, 6) is 6.51. The average molecular weight is 236 g/mol. The van der Waals surface area contributed by atoms with Gasteiger partial charge in [0.15, 0.2) is 0 Å². The van der Waals surface area contributed by atoms with Gasteiger partial charge in [0.25, 0.3) is 0 Å². The van der Waals surface area contributed by atoms with Crippen LogP contribution < -0.4 is 0 Å². The van der Waals surface area contributed by atoms with E-state index in [0.717, 1.165) is 5.69 Å². The lowest BCUT2D eigenvalue weighted by Gasteiger charge is -2.16. The van der Waals surface area contributed by atoms with E-state index in [1.807, 2.05) is 17.8 Å². The molecular weight excluding hydrogens is 220 g/mol. The van der Waals surface area contributed by atoms with E-state index >= 15 is 0 Å². The van der Waals surface area contributed by atoms with Crippen molar-refractivity contribution in [2.75, 3.05) is 0 Å². The molecule has 1 aromatic carbocycles. The number of hydrogen-bond donors (Lipinski definition) is 0. The summed E-state index contributed by atoms with van der Waals surface area (Å²) in [4.78, 5) is 0. The molecule has 0 amide bonds. The lowest BCUT2D eigenvalue weighted by Crippen LogP contribution is -2.04. The summed E-state index contributed by atoms with van der Waals surface area (Å²) < 4.78 is 1.81. The third-order valence-corrected chi connectivity index (χ3v) is 3.54. The van der Waals surface area contributed by atoms with Crippen molar-refractivity contribution in [1.82, 2.24) is 9.78 Å². The number of aromatic nitrogens is 2. The normalized spacial score (nSPS) is 13.6. The van der Waals surface area contributed by atoms with Crippen LogP contribution in [0.25, 0.3) is 0 Å². The van der Waals surface area contributed by atoms with Crippen molar-refractivity contribution in [3.05, 3.63) is 52.8 Å². The average Bonchev–Trinajstić information content (AvgIpc) is 2.82. The molecule has 3 rings (SSSR count). The fourth-order valence-electron chi connectivity index (χ4n) is 2.53. The van der Waals surface area contributed by atoms with E-state index in [9.17, 15) is 0 Å². The molecule has 0 fully saturated rings. The lowest BCUT2D eigenvalue weighted by atomic mass is 9.88. The maximum absolute atomic E-state index is 4.13. The number of fused-ring (bicyclic) bond motifs is 1. The van der Waals surface area contributed by atoms with Gasteiger partial charge in [0, 0.05) is 12.6 Å². The zero-order valence-corrected chi connectivity index (χ0v) is 10.6. The molecule has 1 aliphatic carbocycles. The first-order valence-electron chi connectivity index (χ1n) is 6.45. The third kappa shape index (κ3) is 2.04. The van der Waals surface area contributed by atoms with Crippen molar-refractivity contribution < 1.29 is 0 Å². The Morgan fingerprint density at radius 2 is 2.00 bits per heavy atom. The summed E-state index contributed by atoms with van der Waals surface area (Å²) in [6.07, 6.45) is 6.76. The van der Waals surface area contributed by atoms with Crippen molar-refractivity contribution >= 4 is 0 Å². The minimum absolute atomic E-state index is 0.961. The number of nitrogens with zero attached hydrogens (tertiary/aromatic N) is 2. The van der Waals surface area contributed by atoms with E-state index < -0.39 is 0 Å². The number of aryl methyl sites for hydroxylation is 2. The van der Waals surface area contributed by atoms with Gasteiger partial charge in [0.2, 0.25) is 0 Å². The number of benzene rings is 1. The van der Waals surface area contributed by atoms with Crippen LogP contribution in [0.2, 0.25) is 0 Å². The van der Waals surface area contributed by atoms with Crippen LogP contribution >= 0.6 is 0 Å². The molecular formula is C16H16N2. The zero-order chi connectivity index (χ0) is 12.4. The molecule has 2 heteroatoms. The van der Waals surface area contributed by atoms with E-state index in [-0.39, 0.29) is 0 Å². The Balaban J connectivity index is 1.99. The Bertz CT molecular complexity index is 626. The molecule has 0 radical (unpaired) electrons. The highest BCUT2D eigenvalue weighted by atomic mass is 15.2. The Labute approximate surface area is 108 Å². The van der Waals surface area contributed by atoms with Gasteiger partial charge < -0.3 is 0 Å². The largest absolute Gasteiger partial charge is 0.260 e. The van der Waals surface area contributed by atoms with Crippen molar-refractivity contribution in [2.45, 2.75) is 25.7 Å². The van der Waals surface area contributed by atoms with Crippen LogP contribution in [0.1, 0.15) is 35.2 Å². The first-order chi connectivity index (χ1) is 8.84. The molecule has 18 heavy (non-hydrogen) atoms. The first kappa shape index (κ1) is 11.1. The summed E-state index contributed by atoms with van der Waals surface area (Å²) in [6, 6.07) is 8.44. The van der Waals surface area contributed by atoms with E-state index in [2.05, 4.69) is 35.1 Å². The maximum Gasteiger partial charge on any atom is 0.111 e. The second-order valence-electron chi connectivity index (χ2n) is 4.74. The molecule has 2 aromatic rings. The van der Waals surface area contributed by atoms with Crippen molar-refractivity contribution in [3.8, 4) is 11.8 Å². The van der Waals surface area contributed by atoms with Crippen LogP contribution in [0, 0.1) is 11.8 Å². The van der Waals surface area contributed by atoms with Crippen LogP contribution in [0.5, 0.6) is 0 Å². The number of rotatable bonds is 0. The summed E-state index contributed by atoms with van der Waals surface area (Å²) in [5.41, 5.74) is 5.09. The molecule has 0 saturated heterocycles. The van der Waals surface area contributed by atoms with Gasteiger partial charge in [-0.25, -0.2) is 0 Å². The van der Waals surface area contributed by atoms with Gasteiger partial charge in [-0.15, -0.1) is 0 Å². The van der Waals surface area contributed by atoms with Crippen molar-refractivity contribution in [2.24, 2.45) is 7.05 Å². The maximum atomic E-state index is 4.13. The summed E-state index contributed by atoms with van der Waals surface area (Å²) in [5, 5.41) is 4.13. The standard InChI is InChI=1S/C16H16N2/c1-18-15(11-12-17-18)10-9-14-7-4-6-13-5-2-3-8-16(13)14/h4,6-7,11-12H,2-3,5,8H2,1H3. The molecule has 0 saturated carbocycles. The number of hydrogen-bond acceptors (Lipinski definition) is 1. The fraction of sp³-hybridized carbons (Fsp3) is 0.312. The van der Waals surface area contributed by atoms with Gasteiger partial charge in [-0.2, -0.15) is 5.10 Å². The van der Waals surface area contributed by atoms with Crippen LogP contribution in [0.4, 0.5) is 0 Å². The van der Waals surface area contributed by atoms with Crippen molar-refractivity contribution in [1.29, 1.82) is 0 Å². The van der Waals surface area contributed by atoms with E-state index in [1.54, 1.807) is 6.20 Å². The molecule has 1 aliphatic rings. The molecule has 2 nitrogen and oxygen atoms in total. The Hall–Kier alpha value is -2.01. The van der Waals surface area contributed by atoms with E-state index in [4.69, 9.17) is 0 Å². The summed E-state index contributed by atoms with van der Waals surface area (Å²) in [7, 11) is 1.92. The highest BCUT2D eigenvalue weighted by Crippen LogP contribution is 2.23. The third-order valence-electron chi connectivity index (χ3n) is 3.54. The van der Waals surface area contributed by atoms with Gasteiger partial charge in [-0.3, -0.25) is 4.68 Å². The molecule has 0 unspecified atom stereocenters. The molecule has 0 N–H and O–H groups in total. The molecule has 0 atom stereocenters. The Kier molecular flexibility index (Phi) is 2.90. The Morgan fingerprint density at radius 1 is 1.11 bits per heavy atom. The molecule has 1 heterocycles. The van der Waals surface area contributed by atoms with Crippen LogP contribution in [-0.4, -0.2) is 9.78 Å². The second-order valence-corrected chi connectivity index (χ2v) is 4.74. The first-order valence-corrected chi connectivity index (χ1v) is 6.45. The quantitative estimate of drug-likeness (QED) is 0.643. The summed E-state index contributed by atoms with van der Waals surface area (Å²) in [6.45, 7) is 0. The summed E-state index contributed by atoms with van der Waals surface area (Å²) >= 11 is 0. The SMILES string of the molecule is Cn1nccc1C#Cc1cccc2c1CCCC2. The topological polar surface area (TPSA) is 17.8 Å². The highest BCUT2D eigenvalue weighted by molar-refractivity contribution is 5.48. The molecule has 1 aromatic heterocycles. The van der Waals surface area contributed by atoms with Gasteiger partial charge >= 0.3 is 0 Å². The lowest BCUT2D eigenvalue weighted by molar-refractivity contribution is 0.684. The van der Waals surface area contributed by atoms with Crippen LogP contribution in [-0.2, 0) is 19.9 Å². The van der Waals surface area contributed by atoms with Crippen molar-refractivity contribution in [3.63, 3.8) is 0 Å². The highest BCUT2D eigenvalue weighted by Gasteiger charge is 2.11. The second kappa shape index (κ2) is 4.70. The van der Waals surface area contributed by atoms with E-state index in [1.165, 1.54) is 42.4 Å². The van der Waals surface area contributed by atoms with Gasteiger partial charge in [0.05, 0.1) is 6.20 Å². The Morgan fingerprint density at radius 3 is 2.83 bits per heavy atom. The zero-order valence-electron chi connectivity index (χ0n) is 10.6. The monoisotopic (exact) mass is 236 g/mol. The smallest absolute Gasteiger partial charge is 0.111 e. The minimum Gasteiger partial charge on any atom is -0.260 e. The predicted octanol–water partition coefficient (Wildman–Crippen LogP) is 2.70. The fourth-order valence-corrected chi connectivity index (χ4v) is 2.53. The van der Waals surface area contributed by atoms with Gasteiger partial charge in [-0.05, 0) is 54.9 Å². The predicted molar refractivity (Wildman–Crippen MR) is 72.3 cm³/mol. The molecule has 0 bridgehead atoms. The van der Waals surface area contributed by atoms with Gasteiger partial charge in [-0.1, -0.05) is 18.1 Å². The molecule has 0 spiro atoms.